The van der Waals surface area contributed by atoms with Crippen LogP contribution in [0.25, 0.3) is 11.0 Å². The van der Waals surface area contributed by atoms with Crippen LogP contribution in [0.4, 0.5) is 0 Å². The Morgan fingerprint density at radius 1 is 1.69 bits per heavy atom. The molecular formula is C8H6BrIN2O2S2. The zero-order valence-electron chi connectivity index (χ0n) is 7.98. The fourth-order valence-electron chi connectivity index (χ4n) is 1.36. The highest BCUT2D eigenvalue weighted by Gasteiger charge is 2.16. The highest BCUT2D eigenvalue weighted by Crippen LogP contribution is 2.33. The monoisotopic (exact) mass is 432 g/mol. The third-order valence-corrected chi connectivity index (χ3v) is 5.63. The van der Waals surface area contributed by atoms with Gasteiger partial charge in [0.05, 0.1) is 0 Å². The normalized spacial score (nSPS) is 13.2. The minimum atomic E-state index is -2.01. The molecule has 8 heteroatoms. The molecule has 0 amide bonds. The molecule has 1 N–H and O–H groups in total. The van der Waals surface area contributed by atoms with Crippen LogP contribution >= 0.6 is 46.3 Å². The maximum atomic E-state index is 11.2. The molecule has 4 nitrogen and oxygen atoms in total. The van der Waals surface area contributed by atoms with Gasteiger partial charge in [-0.25, -0.2) is 13.2 Å². The van der Waals surface area contributed by atoms with Crippen molar-refractivity contribution in [2.24, 2.45) is 0 Å². The Labute approximate surface area is 119 Å². The van der Waals surface area contributed by atoms with Crippen LogP contribution in [0.5, 0.6) is 0 Å². The molecule has 0 saturated carbocycles. The third-order valence-electron chi connectivity index (χ3n) is 2.11. The van der Waals surface area contributed by atoms with Gasteiger partial charge in [0.1, 0.15) is 5.03 Å². The van der Waals surface area contributed by atoms with Crippen LogP contribution in [0.3, 0.4) is 0 Å². The molecule has 0 radical (unpaired) electrons. The van der Waals surface area contributed by atoms with Gasteiger partial charge < -0.3 is 4.55 Å². The van der Waals surface area contributed by atoms with Crippen molar-refractivity contribution in [1.82, 2.24) is 8.96 Å². The first-order valence-corrected chi connectivity index (χ1v) is 9.34. The van der Waals surface area contributed by atoms with E-state index in [-0.39, 0.29) is 0 Å². The van der Waals surface area contributed by atoms with Gasteiger partial charge in [-0.05, 0) is 34.5 Å². The SMILES string of the molecule is Cc1cnc2c(cc(S(=O)O)n2SI)c1Br. The Morgan fingerprint density at radius 3 is 2.94 bits per heavy atom. The summed E-state index contributed by atoms with van der Waals surface area (Å²) >= 11 is 3.51. The molecule has 2 heterocycles. The van der Waals surface area contributed by atoms with E-state index in [1.165, 1.54) is 9.12 Å². The van der Waals surface area contributed by atoms with Gasteiger partial charge in [0.15, 0.2) is 5.65 Å². The van der Waals surface area contributed by atoms with Crippen LogP contribution in [0.2, 0.25) is 0 Å². The first-order valence-electron chi connectivity index (χ1n) is 4.12. The van der Waals surface area contributed by atoms with Crippen LogP contribution in [-0.4, -0.2) is 17.7 Å². The molecule has 1 unspecified atom stereocenters. The molecule has 0 bridgehead atoms. The van der Waals surface area contributed by atoms with Crippen LogP contribution < -0.4 is 0 Å². The highest BCUT2D eigenvalue weighted by atomic mass is 127. The summed E-state index contributed by atoms with van der Waals surface area (Å²) in [6.45, 7) is 1.93. The van der Waals surface area contributed by atoms with Crippen molar-refractivity contribution in [1.29, 1.82) is 0 Å². The molecule has 2 aromatic heterocycles. The third kappa shape index (κ3) is 2.05. The maximum Gasteiger partial charge on any atom is 0.204 e. The molecule has 0 aromatic carbocycles. The predicted molar refractivity (Wildman–Crippen MR) is 78.2 cm³/mol. The van der Waals surface area contributed by atoms with Gasteiger partial charge in [-0.2, -0.15) is 0 Å². The standard InChI is InChI=1S/C8H6BrIN2O2S2/c1-4-3-11-8-5(7(4)9)2-6(16(13)14)12(8)15-10/h2-3H,1H3,(H,13,14). The number of fused-ring (bicyclic) bond motifs is 1. The second-order valence-electron chi connectivity index (χ2n) is 3.09. The largest absolute Gasteiger partial charge is 0.301 e. The summed E-state index contributed by atoms with van der Waals surface area (Å²) in [6.07, 6.45) is 1.74. The Hall–Kier alpha value is 0.360. The van der Waals surface area contributed by atoms with Gasteiger partial charge >= 0.3 is 0 Å². The fraction of sp³-hybridized carbons (Fsp3) is 0.125. The Kier molecular flexibility index (Phi) is 3.94. The number of nitrogens with zero attached hydrogens (tertiary/aromatic N) is 2. The minimum absolute atomic E-state index is 0.341. The molecule has 2 aromatic rings. The number of aromatic nitrogens is 2. The molecule has 16 heavy (non-hydrogen) atoms. The van der Waals surface area contributed by atoms with E-state index in [9.17, 15) is 8.76 Å². The lowest BCUT2D eigenvalue weighted by molar-refractivity contribution is 0.560. The van der Waals surface area contributed by atoms with Crippen molar-refractivity contribution in [3.63, 3.8) is 0 Å². The van der Waals surface area contributed by atoms with E-state index < -0.39 is 11.1 Å². The highest BCUT2D eigenvalue weighted by molar-refractivity contribution is 14.2. The zero-order valence-corrected chi connectivity index (χ0v) is 13.4. The predicted octanol–water partition coefficient (Wildman–Crippen LogP) is 3.53. The number of pyridine rings is 1. The lowest BCUT2D eigenvalue weighted by Gasteiger charge is -2.02. The Bertz CT molecular complexity index is 587. The summed E-state index contributed by atoms with van der Waals surface area (Å²) in [7, 11) is 1.32. The fourth-order valence-corrected chi connectivity index (χ4v) is 4.43. The smallest absolute Gasteiger partial charge is 0.204 e. The van der Waals surface area contributed by atoms with Crippen molar-refractivity contribution < 1.29 is 8.76 Å². The number of hydrogen-bond donors (Lipinski definition) is 1. The molecule has 1 atom stereocenters. The summed E-state index contributed by atoms with van der Waals surface area (Å²) in [5, 5.41) is 1.19. The second-order valence-corrected chi connectivity index (χ2v) is 6.48. The summed E-state index contributed by atoms with van der Waals surface area (Å²) in [4.78, 5) is 4.28. The van der Waals surface area contributed by atoms with Gasteiger partial charge in [0, 0.05) is 46.4 Å². The van der Waals surface area contributed by atoms with Crippen molar-refractivity contribution in [3.8, 4) is 0 Å². The Balaban J connectivity index is 2.87. The second kappa shape index (κ2) is 4.92. The number of aryl methyl sites for hydroxylation is 1. The summed E-state index contributed by atoms with van der Waals surface area (Å²) < 4.78 is 22.9. The van der Waals surface area contributed by atoms with Gasteiger partial charge in [-0.3, -0.25) is 0 Å². The molecule has 0 aliphatic carbocycles. The van der Waals surface area contributed by atoms with E-state index in [4.69, 9.17) is 0 Å². The van der Waals surface area contributed by atoms with Gasteiger partial charge in [-0.1, -0.05) is 0 Å². The zero-order chi connectivity index (χ0) is 11.9. The van der Waals surface area contributed by atoms with Crippen LogP contribution in [0, 0.1) is 6.92 Å². The number of rotatable bonds is 2. The average molecular weight is 433 g/mol. The molecule has 0 spiro atoms. The first-order chi connectivity index (χ1) is 7.56. The average Bonchev–Trinajstić information content (AvgIpc) is 2.62. The summed E-state index contributed by atoms with van der Waals surface area (Å²) in [5.41, 5.74) is 1.69. The van der Waals surface area contributed by atoms with Crippen molar-refractivity contribution in [3.05, 3.63) is 22.3 Å². The molecule has 0 aliphatic heterocycles. The van der Waals surface area contributed by atoms with E-state index in [0.29, 0.717) is 10.7 Å². The van der Waals surface area contributed by atoms with Crippen LogP contribution in [0.15, 0.2) is 21.8 Å². The van der Waals surface area contributed by atoms with E-state index in [1.54, 1.807) is 16.2 Å². The van der Waals surface area contributed by atoms with Crippen molar-refractivity contribution in [2.75, 3.05) is 0 Å². The van der Waals surface area contributed by atoms with E-state index in [2.05, 4.69) is 42.1 Å². The van der Waals surface area contributed by atoms with Crippen molar-refractivity contribution >= 4 is 68.4 Å². The Morgan fingerprint density at radius 2 is 2.38 bits per heavy atom. The molecule has 2 rings (SSSR count). The number of halogens is 2. The molecule has 0 saturated heterocycles. The first kappa shape index (κ1) is 12.8. The lowest BCUT2D eigenvalue weighted by atomic mass is 10.2. The lowest BCUT2D eigenvalue weighted by Crippen LogP contribution is -1.95. The van der Waals surface area contributed by atoms with Gasteiger partial charge in [0.25, 0.3) is 0 Å². The van der Waals surface area contributed by atoms with E-state index in [1.807, 2.05) is 6.92 Å². The van der Waals surface area contributed by atoms with Crippen LogP contribution in [-0.2, 0) is 11.1 Å². The van der Waals surface area contributed by atoms with E-state index >= 15 is 0 Å². The van der Waals surface area contributed by atoms with Gasteiger partial charge in [0.2, 0.25) is 11.1 Å². The number of hydrogen-bond acceptors (Lipinski definition) is 3. The maximum absolute atomic E-state index is 11.2. The summed E-state index contributed by atoms with van der Waals surface area (Å²) in [6, 6.07) is 1.68. The van der Waals surface area contributed by atoms with Crippen LogP contribution in [0.1, 0.15) is 5.56 Å². The molecular weight excluding hydrogens is 427 g/mol. The van der Waals surface area contributed by atoms with Crippen molar-refractivity contribution in [2.45, 2.75) is 11.9 Å². The molecule has 86 valence electrons. The molecule has 0 aliphatic rings. The topological polar surface area (TPSA) is 55.1 Å². The summed E-state index contributed by atoms with van der Waals surface area (Å²) in [5.74, 6) is 0. The molecule has 0 fully saturated rings. The minimum Gasteiger partial charge on any atom is -0.301 e. The quantitative estimate of drug-likeness (QED) is 0.582. The van der Waals surface area contributed by atoms with E-state index in [0.717, 1.165) is 15.4 Å². The van der Waals surface area contributed by atoms with Gasteiger partial charge in [-0.15, -0.1) is 0 Å².